The number of nitrogens with two attached hydrogens (primary N) is 1. The van der Waals surface area contributed by atoms with E-state index in [4.69, 9.17) is 5.73 Å². The quantitative estimate of drug-likeness (QED) is 0.673. The lowest BCUT2D eigenvalue weighted by Crippen LogP contribution is -2.36. The van der Waals surface area contributed by atoms with Gasteiger partial charge >= 0.3 is 0 Å². The maximum absolute atomic E-state index is 13.1. The van der Waals surface area contributed by atoms with E-state index in [1.54, 1.807) is 0 Å². The minimum atomic E-state index is -1.36. The molecule has 0 saturated heterocycles. The van der Waals surface area contributed by atoms with Crippen LogP contribution in [0.3, 0.4) is 0 Å². The number of benzene rings is 1. The Morgan fingerprint density at radius 1 is 1.06 bits per heavy atom. The first-order valence-electron chi connectivity index (χ1n) is 4.85. The molecule has 18 heavy (non-hydrogen) atoms. The van der Waals surface area contributed by atoms with E-state index in [1.165, 1.54) is 0 Å². The molecule has 98 valence electrons. The molecule has 0 aliphatic rings. The van der Waals surface area contributed by atoms with Gasteiger partial charge in [-0.05, 0) is 0 Å². The van der Waals surface area contributed by atoms with E-state index in [1.807, 2.05) is 5.32 Å². The molecule has 1 aromatic carbocycles. The van der Waals surface area contributed by atoms with Crippen LogP contribution < -0.4 is 16.4 Å². The molecular weight excluding hydrogens is 251 g/mol. The number of carbonyl (C=O) groups is 2. The summed E-state index contributed by atoms with van der Waals surface area (Å²) in [5.74, 6) is -5.13. The molecule has 0 spiro atoms. The number of anilines is 1. The lowest BCUT2D eigenvalue weighted by molar-refractivity contribution is -0.123. The van der Waals surface area contributed by atoms with Gasteiger partial charge in [0.1, 0.15) is 5.82 Å². The summed E-state index contributed by atoms with van der Waals surface area (Å²) in [6.07, 6.45) is 0. The Morgan fingerprint density at radius 2 is 1.67 bits per heavy atom. The number of rotatable bonds is 4. The van der Waals surface area contributed by atoms with Crippen LogP contribution >= 0.6 is 0 Å². The van der Waals surface area contributed by atoms with Gasteiger partial charge in [0.05, 0.1) is 18.8 Å². The fourth-order valence-electron chi connectivity index (χ4n) is 1.06. The largest absolute Gasteiger partial charge is 0.346 e. The maximum Gasteiger partial charge on any atom is 0.243 e. The molecule has 2 amide bonds. The number of hydrogen-bond donors (Lipinski definition) is 3. The molecule has 0 unspecified atom stereocenters. The van der Waals surface area contributed by atoms with Crippen molar-refractivity contribution in [2.45, 2.75) is 0 Å². The summed E-state index contributed by atoms with van der Waals surface area (Å²) < 4.78 is 38.5. The Bertz CT molecular complexity index is 480. The summed E-state index contributed by atoms with van der Waals surface area (Å²) in [7, 11) is 0. The van der Waals surface area contributed by atoms with Crippen molar-refractivity contribution in [1.82, 2.24) is 5.32 Å². The molecule has 4 N–H and O–H groups in total. The molecule has 1 rings (SSSR count). The first-order chi connectivity index (χ1) is 8.43. The first kappa shape index (κ1) is 14.0. The van der Waals surface area contributed by atoms with Crippen LogP contribution in [-0.4, -0.2) is 24.9 Å². The summed E-state index contributed by atoms with van der Waals surface area (Å²) in [6, 6.07) is 0.816. The molecule has 0 aromatic heterocycles. The minimum absolute atomic E-state index is 0.299. The fraction of sp³-hybridized carbons (Fsp3) is 0.200. The van der Waals surface area contributed by atoms with Crippen LogP contribution in [0, 0.1) is 17.5 Å². The maximum atomic E-state index is 13.1. The molecule has 8 heteroatoms. The fourth-order valence-corrected chi connectivity index (χ4v) is 1.06. The lowest BCUT2D eigenvalue weighted by atomic mass is 10.3. The normalized spacial score (nSPS) is 10.0. The van der Waals surface area contributed by atoms with Crippen LogP contribution in [0.5, 0.6) is 0 Å². The summed E-state index contributed by atoms with van der Waals surface area (Å²) >= 11 is 0. The van der Waals surface area contributed by atoms with Gasteiger partial charge in [0, 0.05) is 12.1 Å². The van der Waals surface area contributed by atoms with E-state index in [-0.39, 0.29) is 6.54 Å². The molecule has 0 aliphatic carbocycles. The summed E-state index contributed by atoms with van der Waals surface area (Å²) in [5.41, 5.74) is 4.46. The molecule has 0 bridgehead atoms. The number of amides is 2. The van der Waals surface area contributed by atoms with Gasteiger partial charge in [-0.15, -0.1) is 0 Å². The van der Waals surface area contributed by atoms with E-state index in [9.17, 15) is 22.8 Å². The van der Waals surface area contributed by atoms with E-state index in [2.05, 4.69) is 5.32 Å². The van der Waals surface area contributed by atoms with Gasteiger partial charge in [0.15, 0.2) is 11.6 Å². The zero-order valence-electron chi connectivity index (χ0n) is 9.10. The van der Waals surface area contributed by atoms with Crippen molar-refractivity contribution >= 4 is 17.5 Å². The Hall–Kier alpha value is -2.09. The van der Waals surface area contributed by atoms with Gasteiger partial charge in [0.2, 0.25) is 11.8 Å². The Balaban J connectivity index is 2.65. The van der Waals surface area contributed by atoms with Crippen LogP contribution in [0.4, 0.5) is 18.9 Å². The highest BCUT2D eigenvalue weighted by molar-refractivity contribution is 5.94. The van der Waals surface area contributed by atoms with Gasteiger partial charge in [-0.3, -0.25) is 9.59 Å². The SMILES string of the molecule is NCC(=O)NCC(=O)Nc1cc(F)c(F)cc1F. The number of nitrogens with one attached hydrogen (secondary N) is 2. The monoisotopic (exact) mass is 261 g/mol. The van der Waals surface area contributed by atoms with Crippen molar-refractivity contribution in [3.05, 3.63) is 29.6 Å². The van der Waals surface area contributed by atoms with E-state index in [0.29, 0.717) is 12.1 Å². The Labute approximate surface area is 100 Å². The molecule has 0 aliphatic heterocycles. The van der Waals surface area contributed by atoms with Crippen molar-refractivity contribution in [3.8, 4) is 0 Å². The summed E-state index contributed by atoms with van der Waals surface area (Å²) in [5, 5.41) is 4.11. The summed E-state index contributed by atoms with van der Waals surface area (Å²) in [6.45, 7) is -0.749. The molecule has 0 heterocycles. The Kier molecular flexibility index (Phi) is 4.67. The smallest absolute Gasteiger partial charge is 0.243 e. The van der Waals surface area contributed by atoms with Gasteiger partial charge in [0.25, 0.3) is 0 Å². The molecule has 0 atom stereocenters. The highest BCUT2D eigenvalue weighted by Gasteiger charge is 2.12. The summed E-state index contributed by atoms with van der Waals surface area (Å²) in [4.78, 5) is 22.0. The third-order valence-corrected chi connectivity index (χ3v) is 1.92. The number of halogens is 3. The van der Waals surface area contributed by atoms with Crippen molar-refractivity contribution in [2.24, 2.45) is 5.73 Å². The van der Waals surface area contributed by atoms with E-state index in [0.717, 1.165) is 0 Å². The van der Waals surface area contributed by atoms with Crippen molar-refractivity contribution < 1.29 is 22.8 Å². The van der Waals surface area contributed by atoms with Crippen molar-refractivity contribution in [3.63, 3.8) is 0 Å². The third-order valence-electron chi connectivity index (χ3n) is 1.92. The molecule has 1 aromatic rings. The van der Waals surface area contributed by atoms with Crippen LogP contribution in [0.15, 0.2) is 12.1 Å². The van der Waals surface area contributed by atoms with Crippen LogP contribution in [-0.2, 0) is 9.59 Å². The Morgan fingerprint density at radius 3 is 2.28 bits per heavy atom. The molecule has 0 radical (unpaired) electrons. The first-order valence-corrected chi connectivity index (χ1v) is 4.85. The van der Waals surface area contributed by atoms with E-state index < -0.39 is 41.5 Å². The van der Waals surface area contributed by atoms with Gasteiger partial charge in [-0.2, -0.15) is 0 Å². The van der Waals surface area contributed by atoms with Crippen LogP contribution in [0.1, 0.15) is 0 Å². The topological polar surface area (TPSA) is 84.2 Å². The second kappa shape index (κ2) is 6.01. The van der Waals surface area contributed by atoms with Gasteiger partial charge < -0.3 is 16.4 Å². The molecule has 5 nitrogen and oxygen atoms in total. The second-order valence-electron chi connectivity index (χ2n) is 3.28. The molecular formula is C10H10F3N3O2. The third kappa shape index (κ3) is 3.74. The highest BCUT2D eigenvalue weighted by Crippen LogP contribution is 2.18. The molecule has 0 saturated carbocycles. The van der Waals surface area contributed by atoms with Crippen molar-refractivity contribution in [2.75, 3.05) is 18.4 Å². The van der Waals surface area contributed by atoms with Crippen LogP contribution in [0.2, 0.25) is 0 Å². The average molecular weight is 261 g/mol. The lowest BCUT2D eigenvalue weighted by Gasteiger charge is -2.07. The average Bonchev–Trinajstić information content (AvgIpc) is 2.33. The molecule has 0 fully saturated rings. The van der Waals surface area contributed by atoms with Gasteiger partial charge in [-0.1, -0.05) is 0 Å². The van der Waals surface area contributed by atoms with Crippen LogP contribution in [0.25, 0.3) is 0 Å². The zero-order valence-corrected chi connectivity index (χ0v) is 9.10. The second-order valence-corrected chi connectivity index (χ2v) is 3.28. The number of hydrogen-bond acceptors (Lipinski definition) is 3. The predicted octanol–water partition coefficient (Wildman–Crippen LogP) is 0.117. The minimum Gasteiger partial charge on any atom is -0.346 e. The predicted molar refractivity (Wildman–Crippen MR) is 57.0 cm³/mol. The standard InChI is InChI=1S/C10H10F3N3O2/c11-5-1-7(13)8(2-6(5)12)16-10(18)4-15-9(17)3-14/h1-2H,3-4,14H2,(H,15,17)(H,16,18). The highest BCUT2D eigenvalue weighted by atomic mass is 19.2. The van der Waals surface area contributed by atoms with E-state index >= 15 is 0 Å². The van der Waals surface area contributed by atoms with Crippen molar-refractivity contribution in [1.29, 1.82) is 0 Å². The zero-order chi connectivity index (χ0) is 13.7. The van der Waals surface area contributed by atoms with Gasteiger partial charge in [-0.25, -0.2) is 13.2 Å². The number of carbonyl (C=O) groups excluding carboxylic acids is 2.